The molecule has 0 radical (unpaired) electrons. The summed E-state index contributed by atoms with van der Waals surface area (Å²) in [6.45, 7) is -0.0106. The number of imide groups is 2. The number of carbonyl (C=O) groups excluding carboxylic acids is 3. The van der Waals surface area contributed by atoms with Crippen molar-refractivity contribution in [3.05, 3.63) is 89.2 Å². The van der Waals surface area contributed by atoms with Crippen molar-refractivity contribution in [2.45, 2.75) is 6.61 Å². The molecule has 1 N–H and O–H groups in total. The van der Waals surface area contributed by atoms with E-state index in [1.807, 2.05) is 0 Å². The number of amides is 4. The Kier molecular flexibility index (Phi) is 6.77. The second-order valence-electron chi connectivity index (χ2n) is 7.45. The van der Waals surface area contributed by atoms with Crippen LogP contribution in [0.4, 0.5) is 14.9 Å². The average Bonchev–Trinajstić information content (AvgIpc) is 2.86. The Labute approximate surface area is 200 Å². The van der Waals surface area contributed by atoms with E-state index in [2.05, 4.69) is 5.32 Å². The molecule has 1 heterocycles. The van der Waals surface area contributed by atoms with Gasteiger partial charge in [0.25, 0.3) is 11.8 Å². The Morgan fingerprint density at radius 1 is 0.914 bits per heavy atom. The van der Waals surface area contributed by atoms with Crippen LogP contribution in [0.1, 0.15) is 11.1 Å². The van der Waals surface area contributed by atoms with Gasteiger partial charge in [0.2, 0.25) is 0 Å². The molecule has 35 heavy (non-hydrogen) atoms. The van der Waals surface area contributed by atoms with Crippen molar-refractivity contribution < 1.29 is 33.0 Å². The highest BCUT2D eigenvalue weighted by Gasteiger charge is 2.36. The first-order valence-corrected chi connectivity index (χ1v) is 10.5. The van der Waals surface area contributed by atoms with Crippen LogP contribution in [0.3, 0.4) is 0 Å². The molecule has 1 saturated heterocycles. The van der Waals surface area contributed by atoms with Gasteiger partial charge < -0.3 is 14.2 Å². The molecular formula is C26H21FN2O6. The molecule has 1 fully saturated rings. The zero-order valence-corrected chi connectivity index (χ0v) is 18.9. The van der Waals surface area contributed by atoms with Crippen molar-refractivity contribution in [3.8, 4) is 17.2 Å². The van der Waals surface area contributed by atoms with Gasteiger partial charge in [0.15, 0.2) is 11.5 Å². The summed E-state index contributed by atoms with van der Waals surface area (Å²) in [4.78, 5) is 38.8. The standard InChI is InChI=1S/C26H21FN2O6/c1-33-19-10-8-18(9-11-19)29-25(31)20(24(30)28-26(29)32)13-16-7-12-22(23(14-16)34-2)35-15-17-5-3-4-6-21(17)27/h3-14H,15H2,1-2H3,(H,28,30,32). The van der Waals surface area contributed by atoms with Crippen molar-refractivity contribution in [1.82, 2.24) is 5.32 Å². The van der Waals surface area contributed by atoms with Gasteiger partial charge in [-0.1, -0.05) is 24.3 Å². The van der Waals surface area contributed by atoms with E-state index in [-0.39, 0.29) is 23.7 Å². The van der Waals surface area contributed by atoms with Crippen LogP contribution in [-0.4, -0.2) is 32.1 Å². The Bertz CT molecular complexity index is 1320. The number of urea groups is 1. The van der Waals surface area contributed by atoms with Crippen LogP contribution in [0, 0.1) is 5.82 Å². The van der Waals surface area contributed by atoms with Gasteiger partial charge in [-0.15, -0.1) is 0 Å². The highest BCUT2D eigenvalue weighted by Crippen LogP contribution is 2.31. The van der Waals surface area contributed by atoms with Gasteiger partial charge in [-0.2, -0.15) is 0 Å². The lowest BCUT2D eigenvalue weighted by Gasteiger charge is -2.26. The summed E-state index contributed by atoms with van der Waals surface area (Å²) >= 11 is 0. The van der Waals surface area contributed by atoms with Crippen LogP contribution in [0.15, 0.2) is 72.3 Å². The normalized spacial score (nSPS) is 14.7. The molecule has 1 aliphatic rings. The summed E-state index contributed by atoms with van der Waals surface area (Å²) < 4.78 is 30.0. The fourth-order valence-corrected chi connectivity index (χ4v) is 3.45. The van der Waals surface area contributed by atoms with Crippen molar-refractivity contribution in [2.24, 2.45) is 0 Å². The molecule has 8 nitrogen and oxygen atoms in total. The predicted octanol–water partition coefficient (Wildman–Crippen LogP) is 4.09. The van der Waals surface area contributed by atoms with E-state index < -0.39 is 17.8 Å². The Hall–Kier alpha value is -4.66. The third-order valence-corrected chi connectivity index (χ3v) is 5.27. The molecule has 178 valence electrons. The maximum absolute atomic E-state index is 13.9. The van der Waals surface area contributed by atoms with E-state index in [1.54, 1.807) is 48.5 Å². The van der Waals surface area contributed by atoms with Crippen LogP contribution in [-0.2, 0) is 16.2 Å². The van der Waals surface area contributed by atoms with Gasteiger partial charge in [0.05, 0.1) is 19.9 Å². The number of hydrogen-bond donors (Lipinski definition) is 1. The number of barbiturate groups is 1. The van der Waals surface area contributed by atoms with Gasteiger partial charge in [0.1, 0.15) is 23.7 Å². The quantitative estimate of drug-likeness (QED) is 0.408. The summed E-state index contributed by atoms with van der Waals surface area (Å²) in [6, 6.07) is 16.4. The van der Waals surface area contributed by atoms with E-state index in [0.717, 1.165) is 4.90 Å². The second-order valence-corrected chi connectivity index (χ2v) is 7.45. The lowest BCUT2D eigenvalue weighted by atomic mass is 10.1. The summed E-state index contributed by atoms with van der Waals surface area (Å²) in [6.07, 6.45) is 1.35. The number of methoxy groups -OCH3 is 2. The maximum atomic E-state index is 13.9. The van der Waals surface area contributed by atoms with Crippen molar-refractivity contribution in [1.29, 1.82) is 0 Å². The number of hydrogen-bond acceptors (Lipinski definition) is 6. The van der Waals surface area contributed by atoms with E-state index in [1.165, 1.54) is 38.5 Å². The topological polar surface area (TPSA) is 94.2 Å². The molecule has 0 saturated carbocycles. The van der Waals surface area contributed by atoms with Gasteiger partial charge >= 0.3 is 6.03 Å². The lowest BCUT2D eigenvalue weighted by Crippen LogP contribution is -2.54. The van der Waals surface area contributed by atoms with Crippen molar-refractivity contribution in [3.63, 3.8) is 0 Å². The molecule has 0 spiro atoms. The molecule has 3 aromatic rings. The highest BCUT2D eigenvalue weighted by molar-refractivity contribution is 6.39. The Morgan fingerprint density at radius 3 is 2.34 bits per heavy atom. The number of halogens is 1. The van der Waals surface area contributed by atoms with Crippen LogP contribution < -0.4 is 24.4 Å². The fraction of sp³-hybridized carbons (Fsp3) is 0.115. The van der Waals surface area contributed by atoms with Gasteiger partial charge in [0, 0.05) is 5.56 Å². The largest absolute Gasteiger partial charge is 0.497 e. The molecule has 1 aliphatic heterocycles. The molecule has 3 aromatic carbocycles. The first-order chi connectivity index (χ1) is 16.9. The third kappa shape index (κ3) is 4.98. The molecule has 0 aromatic heterocycles. The zero-order chi connectivity index (χ0) is 24.9. The number of ether oxygens (including phenoxy) is 3. The smallest absolute Gasteiger partial charge is 0.335 e. The Balaban J connectivity index is 1.59. The van der Waals surface area contributed by atoms with Crippen LogP contribution in [0.2, 0.25) is 0 Å². The summed E-state index contributed by atoms with van der Waals surface area (Å²) in [5, 5.41) is 2.18. The van der Waals surface area contributed by atoms with E-state index in [9.17, 15) is 18.8 Å². The first kappa shape index (κ1) is 23.5. The molecule has 4 amide bonds. The molecular weight excluding hydrogens is 455 g/mol. The van der Waals surface area contributed by atoms with E-state index in [4.69, 9.17) is 14.2 Å². The SMILES string of the molecule is COc1ccc(N2C(=O)NC(=O)C(=Cc3ccc(OCc4ccccc4F)c(OC)c3)C2=O)cc1. The molecule has 4 rings (SSSR count). The van der Waals surface area contributed by atoms with Crippen LogP contribution in [0.25, 0.3) is 6.08 Å². The fourth-order valence-electron chi connectivity index (χ4n) is 3.45. The van der Waals surface area contributed by atoms with E-state index >= 15 is 0 Å². The van der Waals surface area contributed by atoms with Crippen LogP contribution in [0.5, 0.6) is 17.2 Å². The number of carbonyl (C=O) groups is 3. The minimum atomic E-state index is -0.850. The number of anilines is 1. The Morgan fingerprint density at radius 2 is 1.66 bits per heavy atom. The molecule has 0 atom stereocenters. The number of nitrogens with one attached hydrogen (secondary N) is 1. The number of benzene rings is 3. The van der Waals surface area contributed by atoms with Crippen molar-refractivity contribution in [2.75, 3.05) is 19.1 Å². The first-order valence-electron chi connectivity index (χ1n) is 10.5. The maximum Gasteiger partial charge on any atom is 0.335 e. The molecule has 0 unspecified atom stereocenters. The van der Waals surface area contributed by atoms with Gasteiger partial charge in [-0.05, 0) is 54.1 Å². The highest BCUT2D eigenvalue weighted by atomic mass is 19.1. The average molecular weight is 476 g/mol. The van der Waals surface area contributed by atoms with Crippen molar-refractivity contribution >= 4 is 29.6 Å². The molecule has 0 aliphatic carbocycles. The number of nitrogens with zero attached hydrogens (tertiary/aromatic N) is 1. The lowest BCUT2D eigenvalue weighted by molar-refractivity contribution is -0.122. The van der Waals surface area contributed by atoms with Crippen LogP contribution >= 0.6 is 0 Å². The minimum absolute atomic E-state index is 0.0106. The third-order valence-electron chi connectivity index (χ3n) is 5.27. The van der Waals surface area contributed by atoms with Gasteiger partial charge in [-0.25, -0.2) is 14.1 Å². The second kappa shape index (κ2) is 10.1. The summed E-state index contributed by atoms with van der Waals surface area (Å²) in [7, 11) is 2.93. The molecule has 9 heteroatoms. The predicted molar refractivity (Wildman–Crippen MR) is 126 cm³/mol. The van der Waals surface area contributed by atoms with Gasteiger partial charge in [-0.3, -0.25) is 14.9 Å². The molecule has 0 bridgehead atoms. The zero-order valence-electron chi connectivity index (χ0n) is 18.9. The van der Waals surface area contributed by atoms with E-state index in [0.29, 0.717) is 28.4 Å². The monoisotopic (exact) mass is 476 g/mol. The summed E-state index contributed by atoms with van der Waals surface area (Å²) in [5.74, 6) is -0.748. The summed E-state index contributed by atoms with van der Waals surface area (Å²) in [5.41, 5.74) is 0.889. The minimum Gasteiger partial charge on any atom is -0.497 e. The number of rotatable bonds is 7.